The Morgan fingerprint density at radius 2 is 2.30 bits per heavy atom. The largest absolute Gasteiger partial charge is 0.494 e. The molecule has 0 unspecified atom stereocenters. The lowest BCUT2D eigenvalue weighted by Crippen LogP contribution is -2.44. The molecule has 20 heavy (non-hydrogen) atoms. The molecule has 0 radical (unpaired) electrons. The van der Waals surface area contributed by atoms with Crippen LogP contribution in [-0.4, -0.2) is 37.0 Å². The highest BCUT2D eigenvalue weighted by Crippen LogP contribution is 2.21. The van der Waals surface area contributed by atoms with Crippen molar-refractivity contribution in [1.82, 2.24) is 4.90 Å². The Kier molecular flexibility index (Phi) is 4.82. The first-order valence-electron chi connectivity index (χ1n) is 6.98. The van der Waals surface area contributed by atoms with E-state index in [0.29, 0.717) is 11.7 Å². The Morgan fingerprint density at radius 1 is 1.50 bits per heavy atom. The zero-order chi connectivity index (χ0) is 14.5. The van der Waals surface area contributed by atoms with E-state index in [4.69, 9.17) is 4.74 Å². The van der Waals surface area contributed by atoms with E-state index in [9.17, 15) is 9.18 Å². The van der Waals surface area contributed by atoms with Gasteiger partial charge in [0.15, 0.2) is 11.6 Å². The molecule has 1 aliphatic rings. The number of hydrogen-bond donors (Lipinski definition) is 1. The maximum absolute atomic E-state index is 13.5. The molecule has 5 heteroatoms. The van der Waals surface area contributed by atoms with Crippen LogP contribution < -0.4 is 10.1 Å². The fourth-order valence-electron chi connectivity index (χ4n) is 2.52. The number of rotatable bonds is 4. The Morgan fingerprint density at radius 3 is 2.95 bits per heavy atom. The number of nitrogens with one attached hydrogen (secondary N) is 1. The molecule has 1 fully saturated rings. The summed E-state index contributed by atoms with van der Waals surface area (Å²) in [6.07, 6.45) is 3.30. The van der Waals surface area contributed by atoms with Gasteiger partial charge in [0.05, 0.1) is 13.7 Å². The maximum Gasteiger partial charge on any atom is 0.242 e. The number of piperidine rings is 1. The SMILES string of the molecule is COc1ccc(NCC(=O)N2CCCC[C@@H]2C)cc1F. The second-order valence-electron chi connectivity index (χ2n) is 5.13. The molecule has 0 spiro atoms. The fraction of sp³-hybridized carbons (Fsp3) is 0.533. The first kappa shape index (κ1) is 14.6. The van der Waals surface area contributed by atoms with Gasteiger partial charge in [-0.15, -0.1) is 0 Å². The number of halogens is 1. The summed E-state index contributed by atoms with van der Waals surface area (Å²) in [6.45, 7) is 3.08. The number of benzene rings is 1. The van der Waals surface area contributed by atoms with E-state index in [-0.39, 0.29) is 18.2 Å². The summed E-state index contributed by atoms with van der Waals surface area (Å²) in [7, 11) is 1.42. The first-order chi connectivity index (χ1) is 9.61. The molecule has 1 saturated heterocycles. The van der Waals surface area contributed by atoms with E-state index in [2.05, 4.69) is 12.2 Å². The molecular formula is C15H21FN2O2. The van der Waals surface area contributed by atoms with E-state index in [1.54, 1.807) is 12.1 Å². The van der Waals surface area contributed by atoms with Crippen LogP contribution in [0.3, 0.4) is 0 Å². The molecule has 2 rings (SSSR count). The van der Waals surface area contributed by atoms with Gasteiger partial charge in [0.2, 0.25) is 5.91 Å². The number of amides is 1. The molecule has 1 aromatic carbocycles. The van der Waals surface area contributed by atoms with Crippen molar-refractivity contribution in [1.29, 1.82) is 0 Å². The van der Waals surface area contributed by atoms with Crippen molar-refractivity contribution in [3.63, 3.8) is 0 Å². The lowest BCUT2D eigenvalue weighted by atomic mass is 10.0. The Labute approximate surface area is 118 Å². The smallest absolute Gasteiger partial charge is 0.242 e. The Bertz CT molecular complexity index is 479. The number of methoxy groups -OCH3 is 1. The molecule has 1 N–H and O–H groups in total. The zero-order valence-corrected chi connectivity index (χ0v) is 12.0. The van der Waals surface area contributed by atoms with Crippen LogP contribution >= 0.6 is 0 Å². The summed E-state index contributed by atoms with van der Waals surface area (Å²) in [5, 5.41) is 2.97. The number of hydrogen-bond acceptors (Lipinski definition) is 3. The molecule has 1 aromatic rings. The van der Waals surface area contributed by atoms with Gasteiger partial charge < -0.3 is 15.0 Å². The summed E-state index contributed by atoms with van der Waals surface area (Å²) < 4.78 is 18.4. The minimum Gasteiger partial charge on any atom is -0.494 e. The van der Waals surface area contributed by atoms with E-state index >= 15 is 0 Å². The molecular weight excluding hydrogens is 259 g/mol. The quantitative estimate of drug-likeness (QED) is 0.922. The summed E-state index contributed by atoms with van der Waals surface area (Å²) in [6, 6.07) is 4.89. The standard InChI is InChI=1S/C15H21FN2O2/c1-11-5-3-4-8-18(11)15(19)10-17-12-6-7-14(20-2)13(16)9-12/h6-7,9,11,17H,3-5,8,10H2,1-2H3/t11-/m0/s1. The Balaban J connectivity index is 1.91. The van der Waals surface area contributed by atoms with Crippen LogP contribution in [0.5, 0.6) is 5.75 Å². The van der Waals surface area contributed by atoms with Crippen LogP contribution in [0.15, 0.2) is 18.2 Å². The second-order valence-corrected chi connectivity index (χ2v) is 5.13. The highest BCUT2D eigenvalue weighted by atomic mass is 19.1. The molecule has 1 aliphatic heterocycles. The van der Waals surface area contributed by atoms with Gasteiger partial charge in [-0.1, -0.05) is 0 Å². The minimum atomic E-state index is -0.434. The van der Waals surface area contributed by atoms with Crippen molar-refractivity contribution in [3.8, 4) is 5.75 Å². The van der Waals surface area contributed by atoms with Crippen LogP contribution in [0.4, 0.5) is 10.1 Å². The number of carbonyl (C=O) groups excluding carboxylic acids is 1. The van der Waals surface area contributed by atoms with Crippen LogP contribution in [0.2, 0.25) is 0 Å². The lowest BCUT2D eigenvalue weighted by Gasteiger charge is -2.33. The van der Waals surface area contributed by atoms with Gasteiger partial charge >= 0.3 is 0 Å². The van der Waals surface area contributed by atoms with Crippen molar-refractivity contribution in [2.75, 3.05) is 25.5 Å². The predicted octanol–water partition coefficient (Wildman–Crippen LogP) is 2.65. The zero-order valence-electron chi connectivity index (χ0n) is 12.0. The van der Waals surface area contributed by atoms with Gasteiger partial charge in [-0.05, 0) is 38.3 Å². The normalized spacial score (nSPS) is 18.8. The van der Waals surface area contributed by atoms with E-state index in [0.717, 1.165) is 19.4 Å². The lowest BCUT2D eigenvalue weighted by molar-refractivity contribution is -0.132. The number of nitrogens with zero attached hydrogens (tertiary/aromatic N) is 1. The van der Waals surface area contributed by atoms with Crippen molar-refractivity contribution in [2.24, 2.45) is 0 Å². The molecule has 1 heterocycles. The van der Waals surface area contributed by atoms with E-state index in [1.165, 1.54) is 19.6 Å². The third kappa shape index (κ3) is 3.40. The summed E-state index contributed by atoms with van der Waals surface area (Å²) in [5.74, 6) is -0.170. The van der Waals surface area contributed by atoms with Crippen LogP contribution in [0.25, 0.3) is 0 Å². The van der Waals surface area contributed by atoms with Gasteiger partial charge in [-0.3, -0.25) is 4.79 Å². The van der Waals surface area contributed by atoms with E-state index in [1.807, 2.05) is 4.90 Å². The van der Waals surface area contributed by atoms with Crippen molar-refractivity contribution in [2.45, 2.75) is 32.2 Å². The highest BCUT2D eigenvalue weighted by Gasteiger charge is 2.22. The summed E-state index contributed by atoms with van der Waals surface area (Å²) in [5.41, 5.74) is 0.585. The number of likely N-dealkylation sites (tertiary alicyclic amines) is 1. The number of carbonyl (C=O) groups is 1. The maximum atomic E-state index is 13.5. The van der Waals surface area contributed by atoms with Crippen LogP contribution in [-0.2, 0) is 4.79 Å². The average molecular weight is 280 g/mol. The minimum absolute atomic E-state index is 0.0634. The predicted molar refractivity (Wildman–Crippen MR) is 76.5 cm³/mol. The molecule has 1 amide bonds. The first-order valence-corrected chi connectivity index (χ1v) is 6.98. The van der Waals surface area contributed by atoms with Gasteiger partial charge in [0.1, 0.15) is 0 Å². The van der Waals surface area contributed by atoms with Crippen molar-refractivity contribution < 1.29 is 13.9 Å². The molecule has 0 saturated carbocycles. The topological polar surface area (TPSA) is 41.6 Å². The summed E-state index contributed by atoms with van der Waals surface area (Å²) >= 11 is 0. The van der Waals surface area contributed by atoms with Crippen molar-refractivity contribution in [3.05, 3.63) is 24.0 Å². The van der Waals surface area contributed by atoms with Gasteiger partial charge in [0.25, 0.3) is 0 Å². The van der Waals surface area contributed by atoms with Crippen LogP contribution in [0, 0.1) is 5.82 Å². The highest BCUT2D eigenvalue weighted by molar-refractivity contribution is 5.81. The monoisotopic (exact) mass is 280 g/mol. The van der Waals surface area contributed by atoms with E-state index < -0.39 is 5.82 Å². The molecule has 0 bridgehead atoms. The van der Waals surface area contributed by atoms with Crippen LogP contribution in [0.1, 0.15) is 26.2 Å². The molecule has 110 valence electrons. The number of anilines is 1. The molecule has 4 nitrogen and oxygen atoms in total. The third-order valence-electron chi connectivity index (χ3n) is 3.72. The summed E-state index contributed by atoms with van der Waals surface area (Å²) in [4.78, 5) is 14.0. The van der Waals surface area contributed by atoms with Gasteiger partial charge in [0, 0.05) is 24.3 Å². The molecule has 0 aliphatic carbocycles. The molecule has 1 atom stereocenters. The fourth-order valence-corrected chi connectivity index (χ4v) is 2.52. The second kappa shape index (κ2) is 6.59. The third-order valence-corrected chi connectivity index (χ3v) is 3.72. The molecule has 0 aromatic heterocycles. The van der Waals surface area contributed by atoms with Gasteiger partial charge in [-0.25, -0.2) is 4.39 Å². The van der Waals surface area contributed by atoms with Crippen molar-refractivity contribution >= 4 is 11.6 Å². The average Bonchev–Trinajstić information content (AvgIpc) is 2.45. The number of ether oxygens (including phenoxy) is 1. The van der Waals surface area contributed by atoms with Gasteiger partial charge in [-0.2, -0.15) is 0 Å². The Hall–Kier alpha value is -1.78.